The van der Waals surface area contributed by atoms with Crippen molar-refractivity contribution in [2.75, 3.05) is 0 Å². The Hall–Kier alpha value is -2.43. The molecular weight excluding hydrogens is 268 g/mol. The fraction of sp³-hybridized carbons (Fsp3) is 0.312. The lowest BCUT2D eigenvalue weighted by Crippen LogP contribution is -2.22. The third kappa shape index (κ3) is 3.18. The number of pyridine rings is 1. The zero-order chi connectivity index (χ0) is 15.6. The van der Waals surface area contributed by atoms with Gasteiger partial charge in [0.2, 0.25) is 0 Å². The van der Waals surface area contributed by atoms with Crippen molar-refractivity contribution < 1.29 is 4.92 Å². The maximum Gasteiger partial charge on any atom is 0.288 e. The minimum absolute atomic E-state index is 0.0339. The van der Waals surface area contributed by atoms with E-state index in [-0.39, 0.29) is 11.2 Å². The lowest BCUT2D eigenvalue weighted by Gasteiger charge is -2.11. The van der Waals surface area contributed by atoms with Gasteiger partial charge in [0.15, 0.2) is 0 Å². The first kappa shape index (κ1) is 15.0. The highest BCUT2D eigenvalue weighted by Crippen LogP contribution is 2.18. The molecule has 0 spiro atoms. The van der Waals surface area contributed by atoms with Crippen LogP contribution in [-0.4, -0.2) is 9.49 Å². The Labute approximate surface area is 123 Å². The predicted octanol–water partition coefficient (Wildman–Crippen LogP) is 3.24. The topological polar surface area (TPSA) is 65.1 Å². The van der Waals surface area contributed by atoms with Gasteiger partial charge in [0.25, 0.3) is 11.2 Å². The van der Waals surface area contributed by atoms with E-state index in [1.165, 1.54) is 22.3 Å². The zero-order valence-corrected chi connectivity index (χ0v) is 12.4. The molecule has 0 bridgehead atoms. The average molecular weight is 286 g/mol. The average Bonchev–Trinajstić information content (AvgIpc) is 2.43. The van der Waals surface area contributed by atoms with Crippen molar-refractivity contribution in [1.82, 2.24) is 4.57 Å². The van der Waals surface area contributed by atoms with Gasteiger partial charge in [0.1, 0.15) is 0 Å². The van der Waals surface area contributed by atoms with Crippen molar-refractivity contribution in [3.8, 4) is 0 Å². The standard InChI is InChI=1S/C16H18N2O3/c1-11(2)14-6-4-13(5-7-14)10-17-12(3)15(18(20)21)8-9-16(17)19/h4-9,11H,10H2,1-3H3. The quantitative estimate of drug-likeness (QED) is 0.640. The number of nitrogens with zero attached hydrogens (tertiary/aromatic N) is 2. The van der Waals surface area contributed by atoms with Gasteiger partial charge in [-0.1, -0.05) is 38.1 Å². The van der Waals surface area contributed by atoms with Crippen LogP contribution in [0, 0.1) is 17.0 Å². The van der Waals surface area contributed by atoms with Crippen LogP contribution in [0.5, 0.6) is 0 Å². The summed E-state index contributed by atoms with van der Waals surface area (Å²) in [5.41, 5.74) is 2.28. The number of hydrogen-bond donors (Lipinski definition) is 0. The summed E-state index contributed by atoms with van der Waals surface area (Å²) in [5.74, 6) is 0.446. The highest BCUT2D eigenvalue weighted by molar-refractivity contribution is 5.35. The zero-order valence-electron chi connectivity index (χ0n) is 12.4. The van der Waals surface area contributed by atoms with Crippen LogP contribution < -0.4 is 5.56 Å². The highest BCUT2D eigenvalue weighted by atomic mass is 16.6. The van der Waals surface area contributed by atoms with Crippen LogP contribution in [0.15, 0.2) is 41.2 Å². The lowest BCUT2D eigenvalue weighted by atomic mass is 10.0. The molecule has 0 radical (unpaired) electrons. The first-order valence-electron chi connectivity index (χ1n) is 6.84. The molecule has 1 aromatic heterocycles. The normalized spacial score (nSPS) is 10.9. The Morgan fingerprint density at radius 1 is 1.14 bits per heavy atom. The third-order valence-corrected chi connectivity index (χ3v) is 3.61. The van der Waals surface area contributed by atoms with Gasteiger partial charge in [-0.05, 0) is 24.0 Å². The molecule has 0 aliphatic carbocycles. The fourth-order valence-corrected chi connectivity index (χ4v) is 2.24. The van der Waals surface area contributed by atoms with E-state index in [1.807, 2.05) is 24.3 Å². The summed E-state index contributed by atoms with van der Waals surface area (Å²) in [6.07, 6.45) is 0. The van der Waals surface area contributed by atoms with Crippen LogP contribution in [0.1, 0.15) is 36.6 Å². The number of nitro groups is 1. The van der Waals surface area contributed by atoms with Crippen LogP contribution in [0.4, 0.5) is 5.69 Å². The molecule has 5 nitrogen and oxygen atoms in total. The minimum atomic E-state index is -0.465. The van der Waals surface area contributed by atoms with Gasteiger partial charge in [-0.3, -0.25) is 14.9 Å². The van der Waals surface area contributed by atoms with Crippen molar-refractivity contribution in [1.29, 1.82) is 0 Å². The van der Waals surface area contributed by atoms with Gasteiger partial charge in [0, 0.05) is 12.1 Å². The minimum Gasteiger partial charge on any atom is -0.302 e. The second kappa shape index (κ2) is 5.91. The monoisotopic (exact) mass is 286 g/mol. The maximum atomic E-state index is 11.9. The molecule has 2 aromatic rings. The molecule has 0 aliphatic rings. The Balaban J connectivity index is 2.37. The summed E-state index contributed by atoms with van der Waals surface area (Å²) in [6, 6.07) is 10.5. The number of hydrogen-bond acceptors (Lipinski definition) is 3. The summed E-state index contributed by atoms with van der Waals surface area (Å²) >= 11 is 0. The first-order valence-corrected chi connectivity index (χ1v) is 6.84. The Kier molecular flexibility index (Phi) is 4.21. The summed E-state index contributed by atoms with van der Waals surface area (Å²) < 4.78 is 1.43. The van der Waals surface area contributed by atoms with Crippen molar-refractivity contribution in [2.24, 2.45) is 0 Å². The predicted molar refractivity (Wildman–Crippen MR) is 81.7 cm³/mol. The molecule has 0 aliphatic heterocycles. The van der Waals surface area contributed by atoms with Gasteiger partial charge in [-0.15, -0.1) is 0 Å². The van der Waals surface area contributed by atoms with E-state index < -0.39 is 4.92 Å². The molecule has 0 atom stereocenters. The molecule has 2 rings (SSSR count). The van der Waals surface area contributed by atoms with Gasteiger partial charge in [-0.2, -0.15) is 0 Å². The number of rotatable bonds is 4. The summed E-state index contributed by atoms with van der Waals surface area (Å²) in [4.78, 5) is 22.4. The molecule has 0 unspecified atom stereocenters. The lowest BCUT2D eigenvalue weighted by molar-refractivity contribution is -0.386. The number of benzene rings is 1. The largest absolute Gasteiger partial charge is 0.302 e. The molecule has 0 amide bonds. The Morgan fingerprint density at radius 2 is 1.76 bits per heavy atom. The molecular formula is C16H18N2O3. The molecule has 5 heteroatoms. The fourth-order valence-electron chi connectivity index (χ4n) is 2.24. The van der Waals surface area contributed by atoms with E-state index in [0.717, 1.165) is 5.56 Å². The first-order chi connectivity index (χ1) is 9.90. The molecule has 0 saturated carbocycles. The van der Waals surface area contributed by atoms with Gasteiger partial charge < -0.3 is 4.57 Å². The van der Waals surface area contributed by atoms with Crippen molar-refractivity contribution in [3.05, 3.63) is 73.7 Å². The second-order valence-electron chi connectivity index (χ2n) is 5.38. The molecule has 0 N–H and O–H groups in total. The van der Waals surface area contributed by atoms with E-state index in [9.17, 15) is 14.9 Å². The van der Waals surface area contributed by atoms with Crippen LogP contribution >= 0.6 is 0 Å². The number of aromatic nitrogens is 1. The van der Waals surface area contributed by atoms with Crippen LogP contribution in [-0.2, 0) is 6.54 Å². The Bertz CT molecular complexity index is 715. The summed E-state index contributed by atoms with van der Waals surface area (Å²) in [5, 5.41) is 10.9. The van der Waals surface area contributed by atoms with Crippen LogP contribution in [0.2, 0.25) is 0 Å². The smallest absolute Gasteiger partial charge is 0.288 e. The van der Waals surface area contributed by atoms with Crippen molar-refractivity contribution >= 4 is 5.69 Å². The second-order valence-corrected chi connectivity index (χ2v) is 5.38. The Morgan fingerprint density at radius 3 is 2.29 bits per heavy atom. The molecule has 21 heavy (non-hydrogen) atoms. The van der Waals surface area contributed by atoms with Gasteiger partial charge >= 0.3 is 0 Å². The third-order valence-electron chi connectivity index (χ3n) is 3.61. The van der Waals surface area contributed by atoms with E-state index >= 15 is 0 Å². The van der Waals surface area contributed by atoms with Crippen LogP contribution in [0.25, 0.3) is 0 Å². The van der Waals surface area contributed by atoms with E-state index in [4.69, 9.17) is 0 Å². The summed E-state index contributed by atoms with van der Waals surface area (Å²) in [7, 11) is 0. The van der Waals surface area contributed by atoms with E-state index in [0.29, 0.717) is 18.2 Å². The molecule has 1 heterocycles. The van der Waals surface area contributed by atoms with Crippen LogP contribution in [0.3, 0.4) is 0 Å². The molecule has 0 saturated heterocycles. The highest BCUT2D eigenvalue weighted by Gasteiger charge is 2.15. The SMILES string of the molecule is Cc1c([N+](=O)[O-])ccc(=O)n1Cc1ccc(C(C)C)cc1. The van der Waals surface area contributed by atoms with E-state index in [1.54, 1.807) is 6.92 Å². The van der Waals surface area contributed by atoms with E-state index in [2.05, 4.69) is 13.8 Å². The summed E-state index contributed by atoms with van der Waals surface area (Å²) in [6.45, 7) is 6.17. The molecule has 110 valence electrons. The van der Waals surface area contributed by atoms with Gasteiger partial charge in [0.05, 0.1) is 17.2 Å². The molecule has 1 aromatic carbocycles. The van der Waals surface area contributed by atoms with Crippen molar-refractivity contribution in [2.45, 2.75) is 33.2 Å². The molecule has 0 fully saturated rings. The maximum absolute atomic E-state index is 11.9. The van der Waals surface area contributed by atoms with Crippen molar-refractivity contribution in [3.63, 3.8) is 0 Å². The van der Waals surface area contributed by atoms with Gasteiger partial charge in [-0.25, -0.2) is 0 Å².